The van der Waals surface area contributed by atoms with Crippen LogP contribution in [-0.2, 0) is 26.1 Å². The third-order valence-corrected chi connectivity index (χ3v) is 8.88. The van der Waals surface area contributed by atoms with Crippen molar-refractivity contribution in [1.82, 2.24) is 9.97 Å². The summed E-state index contributed by atoms with van der Waals surface area (Å²) < 4.78 is 49.5. The number of unbranched alkanes of at least 4 members (excludes halogenated alkanes) is 1. The van der Waals surface area contributed by atoms with E-state index in [1.165, 1.54) is 12.6 Å². The van der Waals surface area contributed by atoms with Crippen LogP contribution < -0.4 is 10.6 Å². The summed E-state index contributed by atoms with van der Waals surface area (Å²) in [6.45, 7) is 0.971. The van der Waals surface area contributed by atoms with Gasteiger partial charge in [-0.25, -0.2) is 26.8 Å². The summed E-state index contributed by atoms with van der Waals surface area (Å²) in [5.41, 5.74) is 8.64. The van der Waals surface area contributed by atoms with Crippen molar-refractivity contribution in [2.24, 2.45) is 0 Å². The zero-order valence-corrected chi connectivity index (χ0v) is 22.2. The van der Waals surface area contributed by atoms with Crippen molar-refractivity contribution in [2.45, 2.75) is 29.1 Å². The molecule has 0 aliphatic heterocycles. The van der Waals surface area contributed by atoms with Crippen LogP contribution in [0.3, 0.4) is 0 Å². The third kappa shape index (κ3) is 6.84. The van der Waals surface area contributed by atoms with E-state index in [2.05, 4.69) is 9.97 Å². The van der Waals surface area contributed by atoms with Crippen LogP contribution in [0.2, 0.25) is 0 Å². The molecule has 0 radical (unpaired) electrons. The largest absolute Gasteiger partial charge is 0.383 e. The molecular formula is C27H30N4O4S2. The van der Waals surface area contributed by atoms with Crippen LogP contribution >= 0.6 is 0 Å². The first kappa shape index (κ1) is 26.6. The van der Waals surface area contributed by atoms with E-state index < -0.39 is 19.7 Å². The molecule has 194 valence electrons. The standard InChI is InChI=1S/C27H30N4O4S2/c1-36(32,33)18-17-31(16-6-5-7-21-10-15-25-26(19-21)29-20-30-27(25)28)22-11-13-24(14-12-22)37(34,35)23-8-3-2-4-9-23/h2-4,8-15,19-20H,5-7,16-18H2,1H3,(H2,28,29,30). The summed E-state index contributed by atoms with van der Waals surface area (Å²) in [4.78, 5) is 10.7. The molecule has 4 rings (SSSR count). The number of nitrogen functional groups attached to an aromatic ring is 1. The van der Waals surface area contributed by atoms with E-state index in [4.69, 9.17) is 5.73 Å². The second-order valence-corrected chi connectivity index (χ2v) is 13.2. The van der Waals surface area contributed by atoms with Crippen molar-refractivity contribution in [2.75, 3.05) is 35.7 Å². The summed E-state index contributed by atoms with van der Waals surface area (Å²) in [5.74, 6) is 0.476. The van der Waals surface area contributed by atoms with Gasteiger partial charge in [-0.3, -0.25) is 0 Å². The van der Waals surface area contributed by atoms with Gasteiger partial charge in [-0.1, -0.05) is 24.3 Å². The molecule has 3 aromatic carbocycles. The van der Waals surface area contributed by atoms with E-state index in [-0.39, 0.29) is 15.5 Å². The molecule has 4 aromatic rings. The van der Waals surface area contributed by atoms with Gasteiger partial charge in [-0.15, -0.1) is 0 Å². The Morgan fingerprint density at radius 1 is 0.811 bits per heavy atom. The van der Waals surface area contributed by atoms with E-state index in [1.807, 2.05) is 23.1 Å². The van der Waals surface area contributed by atoms with Crippen LogP contribution in [0.4, 0.5) is 11.5 Å². The molecule has 1 aromatic heterocycles. The normalized spacial score (nSPS) is 12.0. The second kappa shape index (κ2) is 11.3. The Balaban J connectivity index is 1.43. The molecule has 0 aliphatic carbocycles. The molecule has 0 amide bonds. The fraction of sp³-hybridized carbons (Fsp3) is 0.259. The number of aryl methyl sites for hydroxylation is 1. The Kier molecular flexibility index (Phi) is 8.09. The summed E-state index contributed by atoms with van der Waals surface area (Å²) in [6.07, 6.45) is 5.24. The van der Waals surface area contributed by atoms with Gasteiger partial charge in [0.2, 0.25) is 9.84 Å². The molecule has 0 fully saturated rings. The molecule has 1 heterocycles. The summed E-state index contributed by atoms with van der Waals surface area (Å²) in [6, 6.07) is 20.9. The highest BCUT2D eigenvalue weighted by atomic mass is 32.2. The van der Waals surface area contributed by atoms with Gasteiger partial charge in [0.15, 0.2) is 0 Å². The molecule has 0 bridgehead atoms. The van der Waals surface area contributed by atoms with Crippen molar-refractivity contribution < 1.29 is 16.8 Å². The SMILES string of the molecule is CS(=O)(=O)CCN(CCCCc1ccc2c(N)ncnc2c1)c1ccc(S(=O)(=O)c2ccccc2)cc1. The molecule has 2 N–H and O–H groups in total. The van der Waals surface area contributed by atoms with Crippen molar-refractivity contribution in [3.05, 3.63) is 84.7 Å². The molecule has 0 saturated carbocycles. The number of rotatable bonds is 11. The number of sulfone groups is 2. The minimum Gasteiger partial charge on any atom is -0.383 e. The maximum Gasteiger partial charge on any atom is 0.206 e. The molecule has 0 unspecified atom stereocenters. The topological polar surface area (TPSA) is 123 Å². The van der Waals surface area contributed by atoms with E-state index in [0.717, 1.165) is 41.4 Å². The van der Waals surface area contributed by atoms with Crippen LogP contribution in [0.25, 0.3) is 10.9 Å². The minimum atomic E-state index is -3.62. The first-order chi connectivity index (χ1) is 17.6. The van der Waals surface area contributed by atoms with Gasteiger partial charge in [-0.2, -0.15) is 0 Å². The molecule has 0 spiro atoms. The predicted octanol–water partition coefficient (Wildman–Crippen LogP) is 3.92. The second-order valence-electron chi connectivity index (χ2n) is 8.99. The Bertz CT molecular complexity index is 1570. The van der Waals surface area contributed by atoms with Crippen molar-refractivity contribution in [3.63, 3.8) is 0 Å². The average Bonchev–Trinajstić information content (AvgIpc) is 2.88. The highest BCUT2D eigenvalue weighted by Gasteiger charge is 2.18. The first-order valence-corrected chi connectivity index (χ1v) is 15.5. The number of benzene rings is 3. The Hall–Kier alpha value is -3.50. The number of nitrogens with zero attached hydrogens (tertiary/aromatic N) is 3. The number of hydrogen-bond acceptors (Lipinski definition) is 8. The van der Waals surface area contributed by atoms with Gasteiger partial charge in [0.05, 0.1) is 21.1 Å². The van der Waals surface area contributed by atoms with Gasteiger partial charge >= 0.3 is 0 Å². The van der Waals surface area contributed by atoms with E-state index in [0.29, 0.717) is 18.9 Å². The maximum absolute atomic E-state index is 12.9. The number of hydrogen-bond donors (Lipinski definition) is 1. The summed E-state index contributed by atoms with van der Waals surface area (Å²) in [7, 11) is -6.77. The summed E-state index contributed by atoms with van der Waals surface area (Å²) in [5, 5.41) is 0.830. The number of fused-ring (bicyclic) bond motifs is 1. The van der Waals surface area contributed by atoms with Gasteiger partial charge in [0.1, 0.15) is 22.0 Å². The van der Waals surface area contributed by atoms with Gasteiger partial charge in [0.25, 0.3) is 0 Å². The number of nitrogens with two attached hydrogens (primary N) is 1. The molecular weight excluding hydrogens is 508 g/mol. The lowest BCUT2D eigenvalue weighted by atomic mass is 10.1. The smallest absolute Gasteiger partial charge is 0.206 e. The molecule has 0 atom stereocenters. The zero-order valence-electron chi connectivity index (χ0n) is 20.6. The third-order valence-electron chi connectivity index (χ3n) is 6.17. The van der Waals surface area contributed by atoms with Crippen LogP contribution in [-0.4, -0.2) is 51.9 Å². The zero-order chi connectivity index (χ0) is 26.5. The fourth-order valence-electron chi connectivity index (χ4n) is 4.13. The molecule has 8 nitrogen and oxygen atoms in total. The van der Waals surface area contributed by atoms with Crippen LogP contribution in [0, 0.1) is 0 Å². The lowest BCUT2D eigenvalue weighted by Gasteiger charge is -2.25. The van der Waals surface area contributed by atoms with E-state index in [1.54, 1.807) is 54.6 Å². The Morgan fingerprint density at radius 2 is 1.51 bits per heavy atom. The molecule has 10 heteroatoms. The molecule has 0 aliphatic rings. The fourth-order valence-corrected chi connectivity index (χ4v) is 5.96. The van der Waals surface area contributed by atoms with E-state index in [9.17, 15) is 16.8 Å². The number of anilines is 2. The number of aromatic nitrogens is 2. The lowest BCUT2D eigenvalue weighted by molar-refractivity contribution is 0.595. The first-order valence-electron chi connectivity index (χ1n) is 12.0. The predicted molar refractivity (Wildman–Crippen MR) is 147 cm³/mol. The van der Waals surface area contributed by atoms with Gasteiger partial charge < -0.3 is 10.6 Å². The maximum atomic E-state index is 12.9. The quantitative estimate of drug-likeness (QED) is 0.285. The average molecular weight is 539 g/mol. The van der Waals surface area contributed by atoms with Crippen molar-refractivity contribution in [3.8, 4) is 0 Å². The monoisotopic (exact) mass is 538 g/mol. The lowest BCUT2D eigenvalue weighted by Crippen LogP contribution is -2.30. The van der Waals surface area contributed by atoms with Gasteiger partial charge in [0, 0.05) is 30.4 Å². The van der Waals surface area contributed by atoms with E-state index >= 15 is 0 Å². The highest BCUT2D eigenvalue weighted by Crippen LogP contribution is 2.24. The molecule has 37 heavy (non-hydrogen) atoms. The Morgan fingerprint density at radius 3 is 2.22 bits per heavy atom. The Labute approximate surface area is 218 Å². The molecule has 0 saturated heterocycles. The summed E-state index contributed by atoms with van der Waals surface area (Å²) >= 11 is 0. The highest BCUT2D eigenvalue weighted by molar-refractivity contribution is 7.91. The van der Waals surface area contributed by atoms with Gasteiger partial charge in [-0.05, 0) is 73.4 Å². The van der Waals surface area contributed by atoms with Crippen LogP contribution in [0.15, 0.2) is 88.9 Å². The van der Waals surface area contributed by atoms with Crippen molar-refractivity contribution >= 4 is 42.1 Å². The van der Waals surface area contributed by atoms with Crippen LogP contribution in [0.5, 0.6) is 0 Å². The van der Waals surface area contributed by atoms with Crippen LogP contribution in [0.1, 0.15) is 18.4 Å². The van der Waals surface area contributed by atoms with Crippen molar-refractivity contribution in [1.29, 1.82) is 0 Å². The minimum absolute atomic E-state index is 0.0167.